The lowest BCUT2D eigenvalue weighted by atomic mass is 9.89. The number of carbonyl (C=O) groups excluding carboxylic acids is 1. The number of Topliss-reactive ketones (excluding diaryl/α,β-unsaturated/α-hetero) is 1. The van der Waals surface area contributed by atoms with Gasteiger partial charge < -0.3 is 0 Å². The van der Waals surface area contributed by atoms with E-state index < -0.39 is 0 Å². The molecule has 18 heavy (non-hydrogen) atoms. The standard InChI is InChI=1S/C17H26O/c1-13-7-5-8-14(2)11-12-17(16(4)18)15(3)10-6-9-13/h8-10,17H,5-7,11-12H2,1-4H3/t17-/m0/s1. The van der Waals surface area contributed by atoms with Crippen LogP contribution < -0.4 is 0 Å². The molecular formula is C17H26O. The van der Waals surface area contributed by atoms with Crippen molar-refractivity contribution in [1.82, 2.24) is 0 Å². The van der Waals surface area contributed by atoms with Crippen molar-refractivity contribution in [3.63, 3.8) is 0 Å². The molecule has 0 N–H and O–H groups in total. The number of hydrogen-bond donors (Lipinski definition) is 0. The fourth-order valence-corrected chi connectivity index (χ4v) is 2.46. The maximum Gasteiger partial charge on any atom is 0.136 e. The molecule has 0 aromatic carbocycles. The van der Waals surface area contributed by atoms with E-state index in [4.69, 9.17) is 0 Å². The molecule has 0 fully saturated rings. The van der Waals surface area contributed by atoms with Crippen LogP contribution in [0.2, 0.25) is 0 Å². The van der Waals surface area contributed by atoms with Gasteiger partial charge in [0.05, 0.1) is 0 Å². The first-order valence-electron chi connectivity index (χ1n) is 6.99. The highest BCUT2D eigenvalue weighted by atomic mass is 16.1. The van der Waals surface area contributed by atoms with Crippen molar-refractivity contribution >= 4 is 5.78 Å². The molecule has 0 saturated carbocycles. The predicted octanol–water partition coefficient (Wildman–Crippen LogP) is 4.99. The number of hydrogen-bond acceptors (Lipinski definition) is 1. The average Bonchev–Trinajstić information content (AvgIpc) is 2.27. The Morgan fingerprint density at radius 3 is 2.39 bits per heavy atom. The first-order valence-corrected chi connectivity index (χ1v) is 6.99. The van der Waals surface area contributed by atoms with Crippen molar-refractivity contribution in [3.05, 3.63) is 34.9 Å². The lowest BCUT2D eigenvalue weighted by Crippen LogP contribution is -2.12. The maximum atomic E-state index is 11.7. The van der Waals surface area contributed by atoms with Crippen LogP contribution in [0.5, 0.6) is 0 Å². The highest BCUT2D eigenvalue weighted by Gasteiger charge is 2.15. The quantitative estimate of drug-likeness (QED) is 0.595. The van der Waals surface area contributed by atoms with E-state index in [0.717, 1.165) is 32.1 Å². The van der Waals surface area contributed by atoms with E-state index in [-0.39, 0.29) is 5.92 Å². The van der Waals surface area contributed by atoms with Gasteiger partial charge in [0.1, 0.15) is 5.78 Å². The molecule has 0 heterocycles. The van der Waals surface area contributed by atoms with E-state index >= 15 is 0 Å². The highest BCUT2D eigenvalue weighted by Crippen LogP contribution is 2.23. The van der Waals surface area contributed by atoms with Crippen LogP contribution in [0.25, 0.3) is 0 Å². The summed E-state index contributed by atoms with van der Waals surface area (Å²) < 4.78 is 0. The van der Waals surface area contributed by atoms with Crippen LogP contribution in [0, 0.1) is 5.92 Å². The smallest absolute Gasteiger partial charge is 0.136 e. The van der Waals surface area contributed by atoms with Gasteiger partial charge in [0.15, 0.2) is 0 Å². The topological polar surface area (TPSA) is 17.1 Å². The van der Waals surface area contributed by atoms with Gasteiger partial charge in [0, 0.05) is 5.92 Å². The van der Waals surface area contributed by atoms with E-state index in [9.17, 15) is 4.79 Å². The van der Waals surface area contributed by atoms with E-state index in [2.05, 4.69) is 39.0 Å². The molecule has 0 aromatic heterocycles. The first kappa shape index (κ1) is 14.9. The Morgan fingerprint density at radius 2 is 1.72 bits per heavy atom. The molecule has 0 spiro atoms. The van der Waals surface area contributed by atoms with Crippen LogP contribution in [0.15, 0.2) is 34.9 Å². The predicted molar refractivity (Wildman–Crippen MR) is 78.5 cm³/mol. The monoisotopic (exact) mass is 246 g/mol. The van der Waals surface area contributed by atoms with Gasteiger partial charge in [-0.3, -0.25) is 4.79 Å². The van der Waals surface area contributed by atoms with Crippen LogP contribution in [0.4, 0.5) is 0 Å². The van der Waals surface area contributed by atoms with Gasteiger partial charge in [0.25, 0.3) is 0 Å². The number of allylic oxidation sites excluding steroid dienone is 6. The Balaban J connectivity index is 2.89. The summed E-state index contributed by atoms with van der Waals surface area (Å²) in [5.74, 6) is 0.413. The Labute approximate surface area is 112 Å². The Hall–Kier alpha value is -1.11. The summed E-state index contributed by atoms with van der Waals surface area (Å²) in [6.07, 6.45) is 12.1. The van der Waals surface area contributed by atoms with Crippen molar-refractivity contribution < 1.29 is 4.79 Å². The zero-order valence-corrected chi connectivity index (χ0v) is 12.3. The third-order valence-electron chi connectivity index (χ3n) is 3.81. The number of ketones is 1. The minimum atomic E-state index is 0.112. The van der Waals surface area contributed by atoms with Gasteiger partial charge in [-0.05, 0) is 59.8 Å². The molecule has 1 atom stereocenters. The summed E-state index contributed by atoms with van der Waals surface area (Å²) >= 11 is 0. The highest BCUT2D eigenvalue weighted by molar-refractivity contribution is 5.81. The third-order valence-corrected chi connectivity index (χ3v) is 3.81. The maximum absolute atomic E-state index is 11.7. The summed E-state index contributed by atoms with van der Waals surface area (Å²) in [7, 11) is 0. The van der Waals surface area contributed by atoms with Crippen molar-refractivity contribution in [3.8, 4) is 0 Å². The van der Waals surface area contributed by atoms with Gasteiger partial charge in [-0.25, -0.2) is 0 Å². The molecule has 100 valence electrons. The van der Waals surface area contributed by atoms with Gasteiger partial charge in [-0.15, -0.1) is 0 Å². The second-order valence-electron chi connectivity index (χ2n) is 5.53. The Bertz CT molecular complexity index is 382. The van der Waals surface area contributed by atoms with E-state index in [1.54, 1.807) is 6.92 Å². The van der Waals surface area contributed by atoms with Crippen molar-refractivity contribution in [2.45, 2.75) is 59.8 Å². The molecule has 0 radical (unpaired) electrons. The molecule has 0 amide bonds. The summed E-state index contributed by atoms with van der Waals surface area (Å²) in [6.45, 7) is 8.19. The molecule has 1 heteroatoms. The molecule has 0 unspecified atom stereocenters. The third kappa shape index (κ3) is 5.03. The number of rotatable bonds is 1. The zero-order chi connectivity index (χ0) is 13.5. The normalized spacial score (nSPS) is 23.1. The largest absolute Gasteiger partial charge is 0.299 e. The van der Waals surface area contributed by atoms with Crippen molar-refractivity contribution in [1.29, 1.82) is 0 Å². The van der Waals surface area contributed by atoms with Crippen LogP contribution >= 0.6 is 0 Å². The average molecular weight is 246 g/mol. The SMILES string of the molecule is CC(=O)[C@H]1CCC(C)=CCCC(C)=CCC=C1C. The molecule has 1 rings (SSSR count). The second kappa shape index (κ2) is 7.35. The lowest BCUT2D eigenvalue weighted by Gasteiger charge is -2.15. The molecule has 0 bridgehead atoms. The zero-order valence-electron chi connectivity index (χ0n) is 12.3. The Kier molecular flexibility index (Phi) is 6.11. The van der Waals surface area contributed by atoms with Crippen LogP contribution in [-0.4, -0.2) is 5.78 Å². The molecule has 0 saturated heterocycles. The van der Waals surface area contributed by atoms with E-state index in [0.29, 0.717) is 5.78 Å². The molecule has 0 aromatic rings. The van der Waals surface area contributed by atoms with Gasteiger partial charge in [-0.2, -0.15) is 0 Å². The van der Waals surface area contributed by atoms with Gasteiger partial charge in [0.2, 0.25) is 0 Å². The van der Waals surface area contributed by atoms with E-state index in [1.165, 1.54) is 16.7 Å². The van der Waals surface area contributed by atoms with Crippen molar-refractivity contribution in [2.24, 2.45) is 5.92 Å². The molecule has 1 nitrogen and oxygen atoms in total. The van der Waals surface area contributed by atoms with Gasteiger partial charge >= 0.3 is 0 Å². The minimum absolute atomic E-state index is 0.112. The second-order valence-corrected chi connectivity index (χ2v) is 5.53. The molecule has 0 aliphatic heterocycles. The van der Waals surface area contributed by atoms with Crippen LogP contribution in [0.3, 0.4) is 0 Å². The van der Waals surface area contributed by atoms with E-state index in [1.807, 2.05) is 0 Å². The molecule has 1 aliphatic rings. The van der Waals surface area contributed by atoms with Crippen LogP contribution in [0.1, 0.15) is 59.8 Å². The molecular weight excluding hydrogens is 220 g/mol. The fraction of sp³-hybridized carbons (Fsp3) is 0.588. The summed E-state index contributed by atoms with van der Waals surface area (Å²) in [5.41, 5.74) is 4.10. The summed E-state index contributed by atoms with van der Waals surface area (Å²) in [4.78, 5) is 11.7. The van der Waals surface area contributed by atoms with Gasteiger partial charge in [-0.1, -0.05) is 34.9 Å². The first-order chi connectivity index (χ1) is 8.50. The van der Waals surface area contributed by atoms with Crippen LogP contribution in [-0.2, 0) is 4.79 Å². The summed E-state index contributed by atoms with van der Waals surface area (Å²) in [5, 5.41) is 0. The number of carbonyl (C=O) groups is 1. The lowest BCUT2D eigenvalue weighted by molar-refractivity contribution is -0.119. The molecule has 1 aliphatic carbocycles. The minimum Gasteiger partial charge on any atom is -0.299 e. The van der Waals surface area contributed by atoms with Crippen molar-refractivity contribution in [2.75, 3.05) is 0 Å². The fourth-order valence-electron chi connectivity index (χ4n) is 2.46. The summed E-state index contributed by atoms with van der Waals surface area (Å²) in [6, 6.07) is 0. The Morgan fingerprint density at radius 1 is 1.06 bits per heavy atom.